The Morgan fingerprint density at radius 1 is 1.23 bits per heavy atom. The second-order valence-electron chi connectivity index (χ2n) is 8.80. The molecule has 0 radical (unpaired) electrons. The second-order valence-corrected chi connectivity index (χ2v) is 8.80. The molecule has 168 valence electrons. The number of anilines is 2. The van der Waals surface area contributed by atoms with E-state index < -0.39 is 5.92 Å². The van der Waals surface area contributed by atoms with Crippen LogP contribution in [0.3, 0.4) is 0 Å². The quantitative estimate of drug-likeness (QED) is 0.715. The fraction of sp³-hybridized carbons (Fsp3) is 0.619. The first-order chi connectivity index (χ1) is 14.7. The van der Waals surface area contributed by atoms with Gasteiger partial charge in [-0.25, -0.2) is 23.5 Å². The number of amides is 2. The molecule has 3 heterocycles. The van der Waals surface area contributed by atoms with Crippen molar-refractivity contribution in [1.82, 2.24) is 24.8 Å². The third-order valence-corrected chi connectivity index (χ3v) is 6.19. The first-order valence-corrected chi connectivity index (χ1v) is 10.8. The monoisotopic (exact) mass is 433 g/mol. The fourth-order valence-electron chi connectivity index (χ4n) is 4.25. The Labute approximate surface area is 180 Å². The Morgan fingerprint density at radius 2 is 1.97 bits per heavy atom. The Kier molecular flexibility index (Phi) is 5.81. The molecule has 1 saturated heterocycles. The van der Waals surface area contributed by atoms with Crippen molar-refractivity contribution in [3.05, 3.63) is 30.5 Å². The number of rotatable bonds is 6. The summed E-state index contributed by atoms with van der Waals surface area (Å²) in [6.07, 6.45) is 5.97. The van der Waals surface area contributed by atoms with Crippen LogP contribution in [0.25, 0.3) is 0 Å². The van der Waals surface area contributed by atoms with Crippen LogP contribution in [0.1, 0.15) is 64.2 Å². The normalized spacial score (nSPS) is 22.6. The standard InChI is InChI=1S/C21H29F2N7O/c1-13(2)17-10-25-20(31)30(17)18-6-9-24-19(28-18)27-14(3)16-11-29(12-26-16)15-4-7-21(22,23)8-5-15/h6,9,11-15,17H,4-5,7-8,10H2,1-3H3,(H,25,31)(H,24,27,28)/t14-,17+/m0/s1. The Hall–Kier alpha value is -2.78. The Balaban J connectivity index is 1.44. The molecular weight excluding hydrogens is 404 g/mol. The van der Waals surface area contributed by atoms with Crippen molar-refractivity contribution >= 4 is 17.8 Å². The molecule has 2 amide bonds. The van der Waals surface area contributed by atoms with Crippen LogP contribution in [0.5, 0.6) is 0 Å². The fourth-order valence-corrected chi connectivity index (χ4v) is 4.25. The Bertz CT molecular complexity index is 922. The van der Waals surface area contributed by atoms with Gasteiger partial charge in [-0.1, -0.05) is 13.8 Å². The maximum atomic E-state index is 13.4. The summed E-state index contributed by atoms with van der Waals surface area (Å²) in [4.78, 5) is 27.3. The van der Waals surface area contributed by atoms with Gasteiger partial charge in [0.15, 0.2) is 0 Å². The van der Waals surface area contributed by atoms with E-state index in [-0.39, 0.29) is 42.9 Å². The molecular formula is C21H29F2N7O. The number of carbonyl (C=O) groups is 1. The number of aromatic nitrogens is 4. The number of alkyl halides is 2. The van der Waals surface area contributed by atoms with E-state index in [0.717, 1.165) is 5.69 Å². The lowest BCUT2D eigenvalue weighted by Gasteiger charge is -2.28. The molecule has 0 bridgehead atoms. The summed E-state index contributed by atoms with van der Waals surface area (Å²) in [7, 11) is 0. The summed E-state index contributed by atoms with van der Waals surface area (Å²) in [6.45, 7) is 6.68. The molecule has 1 aliphatic carbocycles. The lowest BCUT2D eigenvalue weighted by atomic mass is 9.92. The van der Waals surface area contributed by atoms with Crippen LogP contribution in [0.15, 0.2) is 24.8 Å². The summed E-state index contributed by atoms with van der Waals surface area (Å²) in [5.74, 6) is -1.31. The number of nitrogens with one attached hydrogen (secondary N) is 2. The van der Waals surface area contributed by atoms with Gasteiger partial charge in [0.2, 0.25) is 11.9 Å². The van der Waals surface area contributed by atoms with Gasteiger partial charge in [0.05, 0.1) is 24.1 Å². The largest absolute Gasteiger partial charge is 0.346 e. The highest BCUT2D eigenvalue weighted by Crippen LogP contribution is 2.38. The molecule has 31 heavy (non-hydrogen) atoms. The van der Waals surface area contributed by atoms with Crippen molar-refractivity contribution in [1.29, 1.82) is 0 Å². The van der Waals surface area contributed by atoms with Crippen molar-refractivity contribution in [3.63, 3.8) is 0 Å². The SMILES string of the molecule is CC(C)[C@H]1CNC(=O)N1c1ccnc(N[C@@H](C)c2cn(C3CCC(F)(F)CC3)cn2)n1. The van der Waals surface area contributed by atoms with E-state index in [1.54, 1.807) is 23.5 Å². The van der Waals surface area contributed by atoms with Crippen molar-refractivity contribution in [3.8, 4) is 0 Å². The molecule has 2 atom stereocenters. The van der Waals surface area contributed by atoms with Gasteiger partial charge in [-0.15, -0.1) is 0 Å². The molecule has 4 rings (SSSR count). The molecule has 0 unspecified atom stereocenters. The van der Waals surface area contributed by atoms with Crippen LogP contribution in [0, 0.1) is 5.92 Å². The number of halogens is 2. The van der Waals surface area contributed by atoms with Crippen molar-refractivity contribution in [2.75, 3.05) is 16.8 Å². The zero-order valence-electron chi connectivity index (χ0n) is 18.1. The van der Waals surface area contributed by atoms with Crippen LogP contribution < -0.4 is 15.5 Å². The predicted molar refractivity (Wildman–Crippen MR) is 113 cm³/mol. The molecule has 2 aromatic rings. The van der Waals surface area contributed by atoms with E-state index in [1.165, 1.54) is 0 Å². The highest BCUT2D eigenvalue weighted by molar-refractivity contribution is 5.94. The van der Waals surface area contributed by atoms with Gasteiger partial charge < -0.3 is 15.2 Å². The van der Waals surface area contributed by atoms with E-state index >= 15 is 0 Å². The molecule has 1 saturated carbocycles. The first-order valence-electron chi connectivity index (χ1n) is 10.8. The van der Waals surface area contributed by atoms with Crippen LogP contribution in [0.2, 0.25) is 0 Å². The van der Waals surface area contributed by atoms with E-state index in [9.17, 15) is 13.6 Å². The van der Waals surface area contributed by atoms with Gasteiger partial charge in [-0.2, -0.15) is 4.98 Å². The smallest absolute Gasteiger partial charge is 0.323 e. The molecule has 8 nitrogen and oxygen atoms in total. The molecule has 10 heteroatoms. The van der Waals surface area contributed by atoms with Crippen molar-refractivity contribution < 1.29 is 13.6 Å². The average molecular weight is 434 g/mol. The van der Waals surface area contributed by atoms with Gasteiger partial charge in [-0.05, 0) is 31.7 Å². The molecule has 2 aliphatic rings. The highest BCUT2D eigenvalue weighted by atomic mass is 19.3. The summed E-state index contributed by atoms with van der Waals surface area (Å²) in [5.41, 5.74) is 0.783. The lowest BCUT2D eigenvalue weighted by molar-refractivity contribution is -0.0439. The molecule has 1 aliphatic heterocycles. The number of imidazole rings is 1. The van der Waals surface area contributed by atoms with Gasteiger partial charge in [0.1, 0.15) is 5.82 Å². The van der Waals surface area contributed by atoms with E-state index in [1.807, 2.05) is 17.7 Å². The number of carbonyl (C=O) groups excluding carboxylic acids is 1. The van der Waals surface area contributed by atoms with Crippen molar-refractivity contribution in [2.45, 2.75) is 70.5 Å². The van der Waals surface area contributed by atoms with E-state index in [4.69, 9.17) is 0 Å². The second kappa shape index (κ2) is 8.39. The van der Waals surface area contributed by atoms with E-state index in [0.29, 0.717) is 31.2 Å². The Morgan fingerprint density at radius 3 is 2.68 bits per heavy atom. The lowest BCUT2D eigenvalue weighted by Crippen LogP contribution is -2.38. The third kappa shape index (κ3) is 4.62. The summed E-state index contributed by atoms with van der Waals surface area (Å²) >= 11 is 0. The van der Waals surface area contributed by atoms with Crippen LogP contribution in [-0.2, 0) is 0 Å². The summed E-state index contributed by atoms with van der Waals surface area (Å²) < 4.78 is 28.8. The number of nitrogens with zero attached hydrogens (tertiary/aromatic N) is 5. The van der Waals surface area contributed by atoms with Gasteiger partial charge >= 0.3 is 6.03 Å². The predicted octanol–water partition coefficient (Wildman–Crippen LogP) is 4.15. The summed E-state index contributed by atoms with van der Waals surface area (Å²) in [5, 5.41) is 6.10. The van der Waals surface area contributed by atoms with Gasteiger partial charge in [0, 0.05) is 37.8 Å². The maximum Gasteiger partial charge on any atom is 0.323 e. The zero-order chi connectivity index (χ0) is 22.2. The minimum Gasteiger partial charge on any atom is -0.346 e. The molecule has 0 aromatic carbocycles. The molecule has 2 aromatic heterocycles. The average Bonchev–Trinajstić information content (AvgIpc) is 3.35. The minimum absolute atomic E-state index is 0.0336. The topological polar surface area (TPSA) is 88.0 Å². The summed E-state index contributed by atoms with van der Waals surface area (Å²) in [6, 6.07) is 1.47. The van der Waals surface area contributed by atoms with Gasteiger partial charge in [0.25, 0.3) is 0 Å². The first kappa shape index (κ1) is 21.5. The third-order valence-electron chi connectivity index (χ3n) is 6.19. The van der Waals surface area contributed by atoms with Crippen LogP contribution >= 0.6 is 0 Å². The molecule has 0 spiro atoms. The van der Waals surface area contributed by atoms with Crippen LogP contribution in [0.4, 0.5) is 25.3 Å². The number of urea groups is 1. The highest BCUT2D eigenvalue weighted by Gasteiger charge is 2.36. The van der Waals surface area contributed by atoms with Crippen molar-refractivity contribution in [2.24, 2.45) is 5.92 Å². The number of hydrogen-bond acceptors (Lipinski definition) is 5. The van der Waals surface area contributed by atoms with E-state index in [2.05, 4.69) is 39.4 Å². The van der Waals surface area contributed by atoms with Crippen LogP contribution in [-0.4, -0.2) is 44.1 Å². The van der Waals surface area contributed by atoms with Gasteiger partial charge in [-0.3, -0.25) is 4.90 Å². The minimum atomic E-state index is -2.54. The molecule has 2 N–H and O–H groups in total. The maximum absolute atomic E-state index is 13.4. The number of hydrogen-bond donors (Lipinski definition) is 2. The molecule has 2 fully saturated rings. The zero-order valence-corrected chi connectivity index (χ0v) is 18.1.